The lowest BCUT2D eigenvalue weighted by molar-refractivity contribution is -0.262. The van der Waals surface area contributed by atoms with Gasteiger partial charge in [0.25, 0.3) is 0 Å². The zero-order valence-electron chi connectivity index (χ0n) is 47.6. The summed E-state index contributed by atoms with van der Waals surface area (Å²) in [7, 11) is 1.51. The Kier molecular flexibility index (Phi) is 10.3. The number of allylic oxidation sites excluding steroid dienone is 6. The summed E-state index contributed by atoms with van der Waals surface area (Å²) in [6.45, 7) is -0.404. The third-order valence-corrected chi connectivity index (χ3v) is 26.2. The fourth-order valence-electron chi connectivity index (χ4n) is 23.5. The number of hydrogen-bond donors (Lipinski definition) is 8. The van der Waals surface area contributed by atoms with E-state index in [2.05, 4.69) is 83.6 Å². The van der Waals surface area contributed by atoms with Crippen LogP contribution in [0, 0.1) is 81.9 Å². The molecule has 4 aromatic carbocycles. The number of benzene rings is 4. The first-order valence-corrected chi connectivity index (χ1v) is 31.7. The number of carbonyl (C=O) groups excluding carboxylic acids is 1. The number of methoxy groups -OCH3 is 1. The lowest BCUT2D eigenvalue weighted by atomic mass is 9.23. The molecule has 4 saturated carbocycles. The topological polar surface area (TPSA) is 180 Å². The number of ether oxygens (including phenoxy) is 1. The minimum absolute atomic E-state index is 0.00232. The SMILES string of the molecule is COc1cc(C2CC(=O)C3C4C=CC56C#CCC7NC89CCC3(O)C(C7C#CC2Cc2ccccc2)C82c3cc(O)c(O)cc3C3CC2C27CC38CCCC8C=C2C2CC(O)C(=CC2=CC7C9)Cc2cc(c5c4c2)CCC6O)c(CO)cc1O. The second kappa shape index (κ2) is 17.0. The van der Waals surface area contributed by atoms with E-state index < -0.39 is 87.7 Å². The molecule has 0 aromatic heterocycles. The molecule has 5 fully saturated rings. The first kappa shape index (κ1) is 50.9. The molecule has 0 radical (unpaired) electrons. The van der Waals surface area contributed by atoms with Gasteiger partial charge in [0.05, 0.1) is 37.4 Å². The van der Waals surface area contributed by atoms with Crippen LogP contribution < -0.4 is 10.1 Å². The van der Waals surface area contributed by atoms with E-state index >= 15 is 9.90 Å². The van der Waals surface area contributed by atoms with Crippen LogP contribution in [0.5, 0.6) is 23.0 Å². The molecule has 19 bridgehead atoms. The number of aliphatic hydroxyl groups is 4. The summed E-state index contributed by atoms with van der Waals surface area (Å²) < 4.78 is 5.83. The van der Waals surface area contributed by atoms with Crippen molar-refractivity contribution < 1.29 is 45.3 Å². The number of phenols is 3. The average molecular weight is 1120 g/mol. The predicted molar refractivity (Wildman–Crippen MR) is 315 cm³/mol. The van der Waals surface area contributed by atoms with Gasteiger partial charge in [0.1, 0.15) is 11.2 Å². The van der Waals surface area contributed by atoms with Crippen LogP contribution in [0.4, 0.5) is 0 Å². The minimum atomic E-state index is -1.75. The van der Waals surface area contributed by atoms with Gasteiger partial charge >= 0.3 is 0 Å². The van der Waals surface area contributed by atoms with Gasteiger partial charge in [0.2, 0.25) is 0 Å². The molecule has 84 heavy (non-hydrogen) atoms. The number of ketones is 1. The Hall–Kier alpha value is -6.37. The Morgan fingerprint density at radius 2 is 1.74 bits per heavy atom. The van der Waals surface area contributed by atoms with Gasteiger partial charge in [0.15, 0.2) is 23.0 Å². The third-order valence-electron chi connectivity index (χ3n) is 26.2. The van der Waals surface area contributed by atoms with E-state index in [0.717, 1.165) is 83.0 Å². The zero-order chi connectivity index (χ0) is 56.8. The fourth-order valence-corrected chi connectivity index (χ4v) is 23.5. The number of fused-ring (bicyclic) bond motifs is 5. The summed E-state index contributed by atoms with van der Waals surface area (Å²) in [5.74, 6) is 11.6. The zero-order valence-corrected chi connectivity index (χ0v) is 47.6. The number of aliphatic hydroxyl groups excluding tert-OH is 3. The molecular formula is C74H73NO9. The normalized spacial score (nSPS) is 43.5. The highest BCUT2D eigenvalue weighted by molar-refractivity contribution is 5.86. The van der Waals surface area contributed by atoms with Gasteiger partial charge in [-0.3, -0.25) is 4.79 Å². The summed E-state index contributed by atoms with van der Waals surface area (Å²) in [5, 5.41) is 92.9. The molecule has 5 spiro atoms. The molecule has 20 unspecified atom stereocenters. The number of aromatic hydroxyl groups is 3. The highest BCUT2D eigenvalue weighted by Crippen LogP contribution is 2.85. The van der Waals surface area contributed by atoms with Crippen LogP contribution >= 0.6 is 0 Å². The maximum atomic E-state index is 17.6. The Morgan fingerprint density at radius 3 is 2.58 bits per heavy atom. The van der Waals surface area contributed by atoms with Crippen molar-refractivity contribution in [2.45, 2.75) is 161 Å². The van der Waals surface area contributed by atoms with E-state index in [1.54, 1.807) is 12.1 Å². The standard InChI is InChI=1S/C74H73NO9/c1-84-63-32-50(44(36-76)27-61(63)80)49-29-62(81)67-47-15-18-69-16-6-10-57-48(13-11-40(49)21-38-7-3-2-4-8-38)68-73(67,83)20-19-71(75-57)35-46-26-42-25-43(23-39-22-41(12-14-65(69)82)66(69)52(47)24-39)58(77)30-51(42)55-28-45-9-5-17-70(45)37-72(46,55)64-34-54(70)53-31-59(78)60(79)33-56(53)74(64,68)71/h2-4,7-8,15,18,22,24-28,31-33,40,45-49,51,54,57-58,64-65,67-68,75-80,82-83H,5,9-10,12,14,17,19-21,23,29-30,34-37H2,1H3. The van der Waals surface area contributed by atoms with Crippen molar-refractivity contribution in [2.24, 2.45) is 58.2 Å². The van der Waals surface area contributed by atoms with E-state index in [0.29, 0.717) is 68.4 Å². The lowest BCUT2D eigenvalue weighted by Gasteiger charge is -2.82. The molecule has 1 aliphatic heterocycles. The van der Waals surface area contributed by atoms with E-state index in [9.17, 15) is 30.6 Å². The monoisotopic (exact) mass is 1120 g/mol. The minimum Gasteiger partial charge on any atom is -0.504 e. The van der Waals surface area contributed by atoms with Crippen LogP contribution in [-0.2, 0) is 41.5 Å². The van der Waals surface area contributed by atoms with E-state index in [4.69, 9.17) is 4.74 Å². The van der Waals surface area contributed by atoms with Crippen molar-refractivity contribution in [3.05, 3.63) is 164 Å². The molecule has 10 heteroatoms. The lowest BCUT2D eigenvalue weighted by Crippen LogP contribution is -2.87. The van der Waals surface area contributed by atoms with E-state index in [1.807, 2.05) is 30.3 Å². The maximum absolute atomic E-state index is 17.6. The Labute approximate surface area is 490 Å². The maximum Gasteiger partial charge on any atom is 0.160 e. The van der Waals surface area contributed by atoms with Gasteiger partial charge in [-0.1, -0.05) is 103 Å². The fraction of sp³-hybridized carbons (Fsp3) is 0.500. The van der Waals surface area contributed by atoms with Crippen LogP contribution in [0.15, 0.2) is 114 Å². The van der Waals surface area contributed by atoms with Gasteiger partial charge in [0, 0.05) is 70.8 Å². The Bertz CT molecular complexity index is 3910. The van der Waals surface area contributed by atoms with Gasteiger partial charge in [-0.15, -0.1) is 5.92 Å². The van der Waals surface area contributed by atoms with Crippen molar-refractivity contribution in [2.75, 3.05) is 7.11 Å². The van der Waals surface area contributed by atoms with Gasteiger partial charge in [-0.05, 0) is 192 Å². The highest BCUT2D eigenvalue weighted by atomic mass is 16.5. The largest absolute Gasteiger partial charge is 0.504 e. The molecule has 8 N–H and O–H groups in total. The molecule has 1 saturated heterocycles. The summed E-state index contributed by atoms with van der Waals surface area (Å²) in [4.78, 5) is 17.6. The molecule has 16 aliphatic carbocycles. The van der Waals surface area contributed by atoms with Crippen molar-refractivity contribution >= 4 is 5.78 Å². The smallest absolute Gasteiger partial charge is 0.160 e. The number of Topliss-reactive ketones (excluding diaryl/α,β-unsaturated/α-hetero) is 1. The molecule has 428 valence electrons. The molecule has 21 rings (SSSR count). The summed E-state index contributed by atoms with van der Waals surface area (Å²) >= 11 is 0. The summed E-state index contributed by atoms with van der Waals surface area (Å²) in [5.41, 5.74) is 6.90. The number of hydrogen-bond acceptors (Lipinski definition) is 10. The van der Waals surface area contributed by atoms with Crippen molar-refractivity contribution in [3.8, 4) is 46.7 Å². The second-order valence-electron chi connectivity index (χ2n) is 29.0. The number of nitrogens with one attached hydrogen (secondary N) is 1. The van der Waals surface area contributed by atoms with Crippen LogP contribution in [-0.4, -0.2) is 78.0 Å². The Morgan fingerprint density at radius 1 is 0.881 bits per heavy atom. The van der Waals surface area contributed by atoms with Gasteiger partial charge in [-0.2, -0.15) is 0 Å². The van der Waals surface area contributed by atoms with Crippen LogP contribution in [0.25, 0.3) is 0 Å². The number of phenolic OH excluding ortho intramolecular Hbond substituents is 3. The quantitative estimate of drug-likeness (QED) is 0.0545. The number of piperidine rings is 1. The predicted octanol–water partition coefficient (Wildman–Crippen LogP) is 9.59. The van der Waals surface area contributed by atoms with Crippen LogP contribution in [0.2, 0.25) is 0 Å². The second-order valence-corrected chi connectivity index (χ2v) is 29.0. The van der Waals surface area contributed by atoms with Crippen molar-refractivity contribution in [3.63, 3.8) is 0 Å². The molecule has 10 nitrogen and oxygen atoms in total. The van der Waals surface area contributed by atoms with E-state index in [-0.39, 0.29) is 64.3 Å². The van der Waals surface area contributed by atoms with Gasteiger partial charge < -0.3 is 45.8 Å². The molecule has 0 amide bonds. The third kappa shape index (κ3) is 6.06. The van der Waals surface area contributed by atoms with Crippen LogP contribution in [0.3, 0.4) is 0 Å². The molecule has 1 heterocycles. The first-order chi connectivity index (χ1) is 40.7. The van der Waals surface area contributed by atoms with E-state index in [1.165, 1.54) is 18.3 Å². The summed E-state index contributed by atoms with van der Waals surface area (Å²) in [6.07, 6.45) is 20.1. The highest BCUT2D eigenvalue weighted by Gasteiger charge is 2.84. The van der Waals surface area contributed by atoms with Crippen molar-refractivity contribution in [1.29, 1.82) is 0 Å². The average Bonchev–Trinajstić information content (AvgIpc) is 0.762. The van der Waals surface area contributed by atoms with Gasteiger partial charge in [-0.25, -0.2) is 0 Å². The number of rotatable bonds is 5. The number of carbonyl (C=O) groups is 1. The number of aryl methyl sites for hydroxylation is 1. The van der Waals surface area contributed by atoms with Crippen molar-refractivity contribution in [1.82, 2.24) is 5.32 Å². The molecule has 17 aliphatic rings. The van der Waals surface area contributed by atoms with Crippen LogP contribution in [0.1, 0.15) is 145 Å². The molecule has 4 aromatic rings. The molecule has 20 atom stereocenters. The first-order valence-electron chi connectivity index (χ1n) is 31.7. The Balaban J connectivity index is 1.01. The molecular weight excluding hydrogens is 1050 g/mol. The summed E-state index contributed by atoms with van der Waals surface area (Å²) in [6, 6.07) is 21.5.